The molecular formula is C15H28N4O3. The lowest BCUT2D eigenvalue weighted by Crippen LogP contribution is -2.57. The number of rotatable bonds is 7. The fourth-order valence-electron chi connectivity index (χ4n) is 2.72. The highest BCUT2D eigenvalue weighted by Gasteiger charge is 2.48. The lowest BCUT2D eigenvalue weighted by molar-refractivity contribution is -0.136. The Morgan fingerprint density at radius 3 is 2.45 bits per heavy atom. The van der Waals surface area contributed by atoms with Gasteiger partial charge in [0.2, 0.25) is 11.8 Å². The summed E-state index contributed by atoms with van der Waals surface area (Å²) in [5, 5.41) is 2.92. The van der Waals surface area contributed by atoms with Gasteiger partial charge in [0.05, 0.1) is 11.6 Å². The second-order valence-electron chi connectivity index (χ2n) is 6.30. The number of methoxy groups -OCH3 is 1. The van der Waals surface area contributed by atoms with Crippen molar-refractivity contribution in [3.63, 3.8) is 0 Å². The molecule has 2 rings (SSSR count). The van der Waals surface area contributed by atoms with Crippen molar-refractivity contribution in [1.82, 2.24) is 15.1 Å². The van der Waals surface area contributed by atoms with Gasteiger partial charge in [-0.25, -0.2) is 0 Å². The molecule has 0 aromatic rings. The molecule has 2 fully saturated rings. The van der Waals surface area contributed by atoms with Gasteiger partial charge in [-0.3, -0.25) is 14.5 Å². The van der Waals surface area contributed by atoms with Crippen molar-refractivity contribution in [2.24, 2.45) is 5.73 Å². The molecule has 1 atom stereocenters. The summed E-state index contributed by atoms with van der Waals surface area (Å²) in [6.07, 6.45) is 2.41. The number of ether oxygens (including phenoxy) is 1. The maximum absolute atomic E-state index is 12.2. The number of nitrogens with two attached hydrogens (primary N) is 1. The molecule has 7 heteroatoms. The van der Waals surface area contributed by atoms with Gasteiger partial charge in [0.1, 0.15) is 0 Å². The number of hydrogen-bond donors (Lipinski definition) is 2. The van der Waals surface area contributed by atoms with Crippen molar-refractivity contribution in [3.8, 4) is 0 Å². The smallest absolute Gasteiger partial charge is 0.242 e. The van der Waals surface area contributed by atoms with Crippen LogP contribution in [0.1, 0.15) is 26.2 Å². The van der Waals surface area contributed by atoms with Crippen molar-refractivity contribution in [3.05, 3.63) is 0 Å². The fourth-order valence-corrected chi connectivity index (χ4v) is 2.72. The Labute approximate surface area is 132 Å². The van der Waals surface area contributed by atoms with E-state index in [0.29, 0.717) is 39.3 Å². The summed E-state index contributed by atoms with van der Waals surface area (Å²) in [6, 6.07) is -0.174. The van der Waals surface area contributed by atoms with Gasteiger partial charge in [0.15, 0.2) is 0 Å². The third-order valence-corrected chi connectivity index (χ3v) is 4.57. The monoisotopic (exact) mass is 312 g/mol. The lowest BCUT2D eigenvalue weighted by Gasteiger charge is -2.38. The summed E-state index contributed by atoms with van der Waals surface area (Å²) < 4.78 is 4.96. The summed E-state index contributed by atoms with van der Waals surface area (Å²) in [4.78, 5) is 28.2. The molecule has 22 heavy (non-hydrogen) atoms. The van der Waals surface area contributed by atoms with Crippen LogP contribution in [0.3, 0.4) is 0 Å². The van der Waals surface area contributed by atoms with E-state index in [1.165, 1.54) is 0 Å². The lowest BCUT2D eigenvalue weighted by atomic mass is 10.1. The van der Waals surface area contributed by atoms with Gasteiger partial charge in [-0.15, -0.1) is 0 Å². The van der Waals surface area contributed by atoms with Crippen LogP contribution < -0.4 is 11.1 Å². The number of hydrogen-bond acceptors (Lipinski definition) is 5. The van der Waals surface area contributed by atoms with Crippen molar-refractivity contribution in [1.29, 1.82) is 0 Å². The molecule has 1 unspecified atom stereocenters. The molecule has 0 radical (unpaired) electrons. The van der Waals surface area contributed by atoms with Crippen LogP contribution in [0.25, 0.3) is 0 Å². The Morgan fingerprint density at radius 1 is 1.27 bits per heavy atom. The minimum atomic E-state index is -0.591. The van der Waals surface area contributed by atoms with Gasteiger partial charge in [-0.05, 0) is 26.2 Å². The molecule has 1 heterocycles. The van der Waals surface area contributed by atoms with Crippen LogP contribution in [0.4, 0.5) is 0 Å². The van der Waals surface area contributed by atoms with Crippen LogP contribution in [0.5, 0.6) is 0 Å². The zero-order chi connectivity index (χ0) is 16.2. The van der Waals surface area contributed by atoms with Crippen LogP contribution in [0.15, 0.2) is 0 Å². The van der Waals surface area contributed by atoms with Gasteiger partial charge in [-0.2, -0.15) is 0 Å². The molecule has 126 valence electrons. The molecule has 2 aliphatic rings. The Bertz CT molecular complexity index is 404. The average molecular weight is 312 g/mol. The van der Waals surface area contributed by atoms with Crippen molar-refractivity contribution < 1.29 is 14.3 Å². The second kappa shape index (κ2) is 7.39. The molecule has 1 saturated heterocycles. The first-order chi connectivity index (χ1) is 10.5. The summed E-state index contributed by atoms with van der Waals surface area (Å²) in [6.45, 7) is 5.93. The molecule has 0 aromatic heterocycles. The van der Waals surface area contributed by atoms with Crippen LogP contribution in [0, 0.1) is 0 Å². The van der Waals surface area contributed by atoms with Crippen molar-refractivity contribution in [2.45, 2.75) is 37.8 Å². The Hall–Kier alpha value is -1.18. The van der Waals surface area contributed by atoms with E-state index in [-0.39, 0.29) is 17.9 Å². The Morgan fingerprint density at radius 2 is 1.91 bits per heavy atom. The van der Waals surface area contributed by atoms with Crippen LogP contribution in [-0.2, 0) is 14.3 Å². The third-order valence-electron chi connectivity index (χ3n) is 4.57. The zero-order valence-corrected chi connectivity index (χ0v) is 13.6. The first kappa shape index (κ1) is 17.2. The summed E-state index contributed by atoms with van der Waals surface area (Å²) in [5.74, 6) is 0.109. The largest absolute Gasteiger partial charge is 0.385 e. The predicted octanol–water partition coefficient (Wildman–Crippen LogP) is -0.837. The van der Waals surface area contributed by atoms with E-state index in [4.69, 9.17) is 10.5 Å². The van der Waals surface area contributed by atoms with E-state index >= 15 is 0 Å². The quantitative estimate of drug-likeness (QED) is 0.599. The van der Waals surface area contributed by atoms with Crippen molar-refractivity contribution in [2.75, 3.05) is 46.4 Å². The average Bonchev–Trinajstić information content (AvgIpc) is 3.29. The van der Waals surface area contributed by atoms with Crippen molar-refractivity contribution >= 4 is 11.8 Å². The highest BCUT2D eigenvalue weighted by atomic mass is 16.5. The van der Waals surface area contributed by atoms with E-state index < -0.39 is 5.54 Å². The van der Waals surface area contributed by atoms with E-state index in [1.54, 1.807) is 7.11 Å². The number of nitrogens with zero attached hydrogens (tertiary/aromatic N) is 2. The number of carbonyl (C=O) groups excluding carboxylic acids is 2. The van der Waals surface area contributed by atoms with Crippen LogP contribution in [-0.4, -0.2) is 79.6 Å². The zero-order valence-electron chi connectivity index (χ0n) is 13.6. The normalized spacial score (nSPS) is 22.2. The minimum absolute atomic E-state index is 0.0355. The van der Waals surface area contributed by atoms with Gasteiger partial charge in [-0.1, -0.05) is 0 Å². The van der Waals surface area contributed by atoms with E-state index in [2.05, 4.69) is 10.2 Å². The molecule has 1 aliphatic carbocycles. The first-order valence-electron chi connectivity index (χ1n) is 8.07. The first-order valence-corrected chi connectivity index (χ1v) is 8.07. The summed E-state index contributed by atoms with van der Waals surface area (Å²) in [7, 11) is 1.65. The molecule has 7 nitrogen and oxygen atoms in total. The topological polar surface area (TPSA) is 87.9 Å². The summed E-state index contributed by atoms with van der Waals surface area (Å²) >= 11 is 0. The van der Waals surface area contributed by atoms with Gasteiger partial charge in [0.25, 0.3) is 0 Å². The molecule has 2 amide bonds. The van der Waals surface area contributed by atoms with Gasteiger partial charge < -0.3 is 20.7 Å². The molecule has 0 aromatic carbocycles. The highest BCUT2D eigenvalue weighted by molar-refractivity contribution is 5.89. The molecule has 0 spiro atoms. The molecular weight excluding hydrogens is 284 g/mol. The third kappa shape index (κ3) is 4.18. The van der Waals surface area contributed by atoms with Crippen LogP contribution in [0.2, 0.25) is 0 Å². The number of nitrogens with one attached hydrogen (secondary N) is 1. The SMILES string of the molecule is COCCCNC(=O)C(C)N1CCN(C(=O)C2(N)CC2)CC1. The van der Waals surface area contributed by atoms with E-state index in [1.807, 2.05) is 11.8 Å². The maximum Gasteiger partial charge on any atom is 0.242 e. The Kier molecular flexibility index (Phi) is 5.77. The number of amides is 2. The number of piperazine rings is 1. The predicted molar refractivity (Wildman–Crippen MR) is 83.3 cm³/mol. The maximum atomic E-state index is 12.2. The Balaban J connectivity index is 1.71. The molecule has 1 saturated carbocycles. The van der Waals surface area contributed by atoms with Gasteiger partial charge in [0, 0.05) is 46.4 Å². The number of carbonyl (C=O) groups is 2. The van der Waals surface area contributed by atoms with E-state index in [0.717, 1.165) is 19.3 Å². The van der Waals surface area contributed by atoms with Crippen LogP contribution >= 0.6 is 0 Å². The summed E-state index contributed by atoms with van der Waals surface area (Å²) in [5.41, 5.74) is 5.37. The highest BCUT2D eigenvalue weighted by Crippen LogP contribution is 2.34. The molecule has 3 N–H and O–H groups in total. The molecule has 1 aliphatic heterocycles. The van der Waals surface area contributed by atoms with Gasteiger partial charge >= 0.3 is 0 Å². The minimum Gasteiger partial charge on any atom is -0.385 e. The standard InChI is InChI=1S/C15H28N4O3/c1-12(13(20)17-6-3-11-22-2)18-7-9-19(10-8-18)14(21)15(16)4-5-15/h12H,3-11,16H2,1-2H3,(H,17,20). The van der Waals surface area contributed by atoms with E-state index in [9.17, 15) is 9.59 Å². The second-order valence-corrected chi connectivity index (χ2v) is 6.30. The fraction of sp³-hybridized carbons (Fsp3) is 0.867. The molecule has 0 bridgehead atoms.